The quantitative estimate of drug-likeness (QED) is 0.129. The summed E-state index contributed by atoms with van der Waals surface area (Å²) >= 11 is 0. The van der Waals surface area contributed by atoms with Crippen LogP contribution in [0.5, 0.6) is 11.5 Å². The highest BCUT2D eigenvalue weighted by Crippen LogP contribution is 2.14. The van der Waals surface area contributed by atoms with E-state index in [2.05, 4.69) is 16.0 Å². The molecular formula is C30H34N4O8. The zero-order valence-electron chi connectivity index (χ0n) is 22.6. The average Bonchev–Trinajstić information content (AvgIpc) is 2.97. The lowest BCUT2D eigenvalue weighted by Gasteiger charge is -2.24. The van der Waals surface area contributed by atoms with Crippen LogP contribution in [0.15, 0.2) is 78.9 Å². The van der Waals surface area contributed by atoms with Gasteiger partial charge in [-0.2, -0.15) is 0 Å². The molecular weight excluding hydrogens is 544 g/mol. The molecule has 0 aliphatic heterocycles. The molecule has 3 aromatic carbocycles. The minimum absolute atomic E-state index is 0.00196. The number of nitrogens with two attached hydrogens (primary N) is 1. The number of carbonyl (C=O) groups is 4. The standard InChI is InChI=1S/C30H34N4O8/c31-23(14-18-4-2-1-3-5-18)27(38)34-26(17-35)29(40)32-24(15-19-6-10-21(36)11-7-19)28(39)33-25(30(41)42)16-20-8-12-22(37)13-9-20/h1-13,23-26,35-37H,14-17,31H2,(H,32,40)(H,33,39)(H,34,38)(H,41,42). The topological polar surface area (TPSA) is 211 Å². The number of phenols is 2. The van der Waals surface area contributed by atoms with Crippen molar-refractivity contribution in [3.63, 3.8) is 0 Å². The molecule has 0 fully saturated rings. The van der Waals surface area contributed by atoms with E-state index >= 15 is 0 Å². The Kier molecular flexibility index (Phi) is 11.4. The SMILES string of the molecule is NC(Cc1ccccc1)C(=O)NC(CO)C(=O)NC(Cc1ccc(O)cc1)C(=O)NC(Cc1ccc(O)cc1)C(=O)O. The van der Waals surface area contributed by atoms with Crippen LogP contribution in [-0.4, -0.2) is 74.9 Å². The van der Waals surface area contributed by atoms with Gasteiger partial charge < -0.3 is 42.1 Å². The number of nitrogens with one attached hydrogen (secondary N) is 3. The highest BCUT2D eigenvalue weighted by atomic mass is 16.4. The second-order valence-electron chi connectivity index (χ2n) is 9.74. The largest absolute Gasteiger partial charge is 0.508 e. The molecule has 3 rings (SSSR count). The van der Waals surface area contributed by atoms with Gasteiger partial charge in [-0.05, 0) is 47.4 Å². The maximum Gasteiger partial charge on any atom is 0.326 e. The smallest absolute Gasteiger partial charge is 0.326 e. The monoisotopic (exact) mass is 578 g/mol. The molecule has 0 saturated carbocycles. The van der Waals surface area contributed by atoms with Gasteiger partial charge in [0, 0.05) is 12.8 Å². The number of aliphatic hydroxyl groups is 1. The first-order chi connectivity index (χ1) is 20.0. The third-order valence-electron chi connectivity index (χ3n) is 6.45. The predicted molar refractivity (Wildman–Crippen MR) is 152 cm³/mol. The van der Waals surface area contributed by atoms with Gasteiger partial charge in [-0.25, -0.2) is 4.79 Å². The number of benzene rings is 3. The zero-order chi connectivity index (χ0) is 30.6. The fourth-order valence-electron chi connectivity index (χ4n) is 4.12. The van der Waals surface area contributed by atoms with Gasteiger partial charge in [0.15, 0.2) is 0 Å². The van der Waals surface area contributed by atoms with Crippen molar-refractivity contribution in [1.82, 2.24) is 16.0 Å². The zero-order valence-corrected chi connectivity index (χ0v) is 22.6. The summed E-state index contributed by atoms with van der Waals surface area (Å²) in [5.74, 6) is -3.74. The van der Waals surface area contributed by atoms with Gasteiger partial charge in [-0.1, -0.05) is 54.6 Å². The lowest BCUT2D eigenvalue weighted by molar-refractivity contribution is -0.142. The van der Waals surface area contributed by atoms with Gasteiger partial charge in [-0.15, -0.1) is 0 Å². The van der Waals surface area contributed by atoms with Crippen LogP contribution in [-0.2, 0) is 38.4 Å². The molecule has 222 valence electrons. The molecule has 12 nitrogen and oxygen atoms in total. The number of hydrogen-bond donors (Lipinski definition) is 8. The first-order valence-electron chi connectivity index (χ1n) is 13.2. The van der Waals surface area contributed by atoms with E-state index in [1.54, 1.807) is 24.3 Å². The number of aliphatic carboxylic acids is 1. The van der Waals surface area contributed by atoms with Gasteiger partial charge in [0.05, 0.1) is 12.6 Å². The van der Waals surface area contributed by atoms with Crippen molar-refractivity contribution in [2.45, 2.75) is 43.4 Å². The Labute approximate surface area is 242 Å². The molecule has 0 aliphatic carbocycles. The summed E-state index contributed by atoms with van der Waals surface area (Å²) in [4.78, 5) is 51.0. The molecule has 4 unspecified atom stereocenters. The minimum atomic E-state index is -1.44. The number of carbonyl (C=O) groups excluding carboxylic acids is 3. The molecule has 3 amide bonds. The summed E-state index contributed by atoms with van der Waals surface area (Å²) in [6.45, 7) is -0.790. The van der Waals surface area contributed by atoms with Crippen molar-refractivity contribution in [2.24, 2.45) is 5.73 Å². The molecule has 0 bridgehead atoms. The van der Waals surface area contributed by atoms with Crippen molar-refractivity contribution in [1.29, 1.82) is 0 Å². The Morgan fingerprint density at radius 3 is 1.52 bits per heavy atom. The van der Waals surface area contributed by atoms with Crippen LogP contribution < -0.4 is 21.7 Å². The molecule has 12 heteroatoms. The summed E-state index contributed by atoms with van der Waals surface area (Å²) in [6, 6.07) is 15.5. The molecule has 0 radical (unpaired) electrons. The van der Waals surface area contributed by atoms with E-state index in [0.29, 0.717) is 11.1 Å². The van der Waals surface area contributed by atoms with Crippen LogP contribution in [0.2, 0.25) is 0 Å². The molecule has 0 spiro atoms. The third kappa shape index (κ3) is 9.61. The van der Waals surface area contributed by atoms with Gasteiger partial charge in [0.2, 0.25) is 17.7 Å². The van der Waals surface area contributed by atoms with E-state index < -0.39 is 54.5 Å². The highest BCUT2D eigenvalue weighted by Gasteiger charge is 2.30. The molecule has 0 aromatic heterocycles. The van der Waals surface area contributed by atoms with Crippen LogP contribution >= 0.6 is 0 Å². The second-order valence-corrected chi connectivity index (χ2v) is 9.74. The fraction of sp³-hybridized carbons (Fsp3) is 0.267. The lowest BCUT2D eigenvalue weighted by Crippen LogP contribution is -2.58. The van der Waals surface area contributed by atoms with Crippen molar-refractivity contribution in [2.75, 3.05) is 6.61 Å². The maximum atomic E-state index is 13.3. The summed E-state index contributed by atoms with van der Waals surface area (Å²) in [7, 11) is 0. The second kappa shape index (κ2) is 15.2. The van der Waals surface area contributed by atoms with Crippen molar-refractivity contribution < 1.29 is 39.6 Å². The first kappa shape index (κ1) is 31.6. The van der Waals surface area contributed by atoms with Crippen LogP contribution in [0.4, 0.5) is 0 Å². The van der Waals surface area contributed by atoms with Crippen molar-refractivity contribution in [3.8, 4) is 11.5 Å². The Hall–Kier alpha value is -4.94. The van der Waals surface area contributed by atoms with Gasteiger partial charge >= 0.3 is 5.97 Å². The van der Waals surface area contributed by atoms with Crippen LogP contribution in [0, 0.1) is 0 Å². The molecule has 0 saturated heterocycles. The van der Waals surface area contributed by atoms with E-state index in [0.717, 1.165) is 5.56 Å². The molecule has 42 heavy (non-hydrogen) atoms. The number of phenolic OH excluding ortho intramolecular Hbond substituents is 2. The van der Waals surface area contributed by atoms with E-state index in [1.165, 1.54) is 48.5 Å². The number of carboxylic acid groups (broad SMARTS) is 1. The van der Waals surface area contributed by atoms with Crippen molar-refractivity contribution in [3.05, 3.63) is 95.6 Å². The number of carboxylic acids is 1. The molecule has 0 heterocycles. The third-order valence-corrected chi connectivity index (χ3v) is 6.45. The van der Waals surface area contributed by atoms with Crippen LogP contribution in [0.3, 0.4) is 0 Å². The summed E-state index contributed by atoms with van der Waals surface area (Å²) in [5.41, 5.74) is 7.87. The van der Waals surface area contributed by atoms with Crippen LogP contribution in [0.1, 0.15) is 16.7 Å². The Bertz CT molecular complexity index is 1350. The number of aromatic hydroxyl groups is 2. The lowest BCUT2D eigenvalue weighted by atomic mass is 10.0. The van der Waals surface area contributed by atoms with Gasteiger partial charge in [0.1, 0.15) is 29.6 Å². The van der Waals surface area contributed by atoms with Crippen molar-refractivity contribution >= 4 is 23.7 Å². The molecule has 0 aliphatic rings. The minimum Gasteiger partial charge on any atom is -0.508 e. The molecule has 4 atom stereocenters. The summed E-state index contributed by atoms with van der Waals surface area (Å²) < 4.78 is 0. The molecule has 3 aromatic rings. The summed E-state index contributed by atoms with van der Waals surface area (Å²) in [5, 5.41) is 46.0. The van der Waals surface area contributed by atoms with Crippen LogP contribution in [0.25, 0.3) is 0 Å². The van der Waals surface area contributed by atoms with E-state index in [9.17, 15) is 39.6 Å². The normalized spacial score (nSPS) is 13.7. The Balaban J connectivity index is 1.73. The van der Waals surface area contributed by atoms with Gasteiger partial charge in [-0.3, -0.25) is 14.4 Å². The number of amides is 3. The van der Waals surface area contributed by atoms with E-state index in [4.69, 9.17) is 5.73 Å². The number of aliphatic hydroxyl groups excluding tert-OH is 1. The van der Waals surface area contributed by atoms with E-state index in [1.807, 2.05) is 6.07 Å². The highest BCUT2D eigenvalue weighted by molar-refractivity contribution is 5.94. The summed E-state index contributed by atoms with van der Waals surface area (Å²) in [6.07, 6.45) is -0.00515. The average molecular weight is 579 g/mol. The van der Waals surface area contributed by atoms with E-state index in [-0.39, 0.29) is 30.8 Å². The Morgan fingerprint density at radius 1 is 0.595 bits per heavy atom. The number of hydrogen-bond acceptors (Lipinski definition) is 8. The predicted octanol–water partition coefficient (Wildman–Crippen LogP) is -0.0157. The number of rotatable bonds is 14. The Morgan fingerprint density at radius 2 is 1.02 bits per heavy atom. The molecule has 9 N–H and O–H groups in total. The van der Waals surface area contributed by atoms with Gasteiger partial charge in [0.25, 0.3) is 0 Å². The maximum absolute atomic E-state index is 13.3. The first-order valence-corrected chi connectivity index (χ1v) is 13.2. The fourth-order valence-corrected chi connectivity index (χ4v) is 4.12.